The fourth-order valence-corrected chi connectivity index (χ4v) is 2.25. The van der Waals surface area contributed by atoms with E-state index < -0.39 is 0 Å². The Morgan fingerprint density at radius 1 is 1.19 bits per heavy atom. The summed E-state index contributed by atoms with van der Waals surface area (Å²) in [7, 11) is 0. The van der Waals surface area contributed by atoms with Crippen molar-refractivity contribution in [3.63, 3.8) is 0 Å². The standard InChI is InChI=1S/C9H6BrNO2S.C2H6/c10-8-4-11-9(14-8)5-1-2-6(12)7(13)3-5;1-2/h1-4,12-13H;1-2H3. The lowest BCUT2D eigenvalue weighted by molar-refractivity contribution is 0.404. The molecule has 0 saturated heterocycles. The van der Waals surface area contributed by atoms with E-state index in [4.69, 9.17) is 5.11 Å². The quantitative estimate of drug-likeness (QED) is 0.783. The van der Waals surface area contributed by atoms with Crippen molar-refractivity contribution in [1.29, 1.82) is 0 Å². The number of halogens is 1. The number of aromatic hydroxyl groups is 2. The van der Waals surface area contributed by atoms with Crippen LogP contribution in [0.25, 0.3) is 10.6 Å². The van der Waals surface area contributed by atoms with Gasteiger partial charge in [0, 0.05) is 5.56 Å². The summed E-state index contributed by atoms with van der Waals surface area (Å²) in [6, 6.07) is 4.64. The zero-order valence-electron chi connectivity index (χ0n) is 8.94. The molecule has 3 nitrogen and oxygen atoms in total. The van der Waals surface area contributed by atoms with E-state index >= 15 is 0 Å². The van der Waals surface area contributed by atoms with Gasteiger partial charge in [0.05, 0.1) is 9.98 Å². The minimum atomic E-state index is -0.131. The zero-order chi connectivity index (χ0) is 12.1. The van der Waals surface area contributed by atoms with Gasteiger partial charge in [-0.1, -0.05) is 13.8 Å². The lowest BCUT2D eigenvalue weighted by Gasteiger charge is -1.99. The minimum absolute atomic E-state index is 0.121. The van der Waals surface area contributed by atoms with Gasteiger partial charge in [0.25, 0.3) is 0 Å². The molecule has 2 N–H and O–H groups in total. The molecular formula is C11H12BrNO2S. The van der Waals surface area contributed by atoms with E-state index in [1.807, 2.05) is 13.8 Å². The van der Waals surface area contributed by atoms with E-state index in [9.17, 15) is 5.11 Å². The summed E-state index contributed by atoms with van der Waals surface area (Å²) in [6.45, 7) is 4.00. The van der Waals surface area contributed by atoms with E-state index in [2.05, 4.69) is 20.9 Å². The second-order valence-corrected chi connectivity index (χ2v) is 5.08. The highest BCUT2D eigenvalue weighted by atomic mass is 79.9. The van der Waals surface area contributed by atoms with Crippen molar-refractivity contribution < 1.29 is 10.2 Å². The topological polar surface area (TPSA) is 53.4 Å². The van der Waals surface area contributed by atoms with Gasteiger partial charge < -0.3 is 10.2 Å². The molecule has 0 radical (unpaired) electrons. The molecule has 0 fully saturated rings. The Bertz CT molecular complexity index is 471. The predicted molar refractivity (Wildman–Crippen MR) is 69.9 cm³/mol. The number of phenols is 2. The smallest absolute Gasteiger partial charge is 0.158 e. The lowest BCUT2D eigenvalue weighted by atomic mass is 10.2. The number of thiazole rings is 1. The minimum Gasteiger partial charge on any atom is -0.504 e. The Morgan fingerprint density at radius 3 is 2.38 bits per heavy atom. The highest BCUT2D eigenvalue weighted by Gasteiger charge is 2.06. The highest BCUT2D eigenvalue weighted by Crippen LogP contribution is 2.33. The first-order valence-electron chi connectivity index (χ1n) is 4.80. The second-order valence-electron chi connectivity index (χ2n) is 2.67. The summed E-state index contributed by atoms with van der Waals surface area (Å²) < 4.78 is 0.931. The number of benzene rings is 1. The first-order valence-corrected chi connectivity index (χ1v) is 6.41. The fourth-order valence-electron chi connectivity index (χ4n) is 1.04. The molecule has 1 heterocycles. The molecule has 5 heteroatoms. The van der Waals surface area contributed by atoms with Crippen LogP contribution in [0.5, 0.6) is 11.5 Å². The number of nitrogens with zero attached hydrogens (tertiary/aromatic N) is 1. The second kappa shape index (κ2) is 5.86. The Hall–Kier alpha value is -1.07. The van der Waals surface area contributed by atoms with Gasteiger partial charge >= 0.3 is 0 Å². The first-order chi connectivity index (χ1) is 7.66. The summed E-state index contributed by atoms with van der Waals surface area (Å²) >= 11 is 4.77. The maximum Gasteiger partial charge on any atom is 0.158 e. The molecule has 0 aliphatic rings. The highest BCUT2D eigenvalue weighted by molar-refractivity contribution is 9.11. The van der Waals surface area contributed by atoms with Crippen molar-refractivity contribution in [2.24, 2.45) is 0 Å². The summed E-state index contributed by atoms with van der Waals surface area (Å²) in [4.78, 5) is 4.14. The van der Waals surface area contributed by atoms with Crippen molar-refractivity contribution in [2.45, 2.75) is 13.8 Å². The van der Waals surface area contributed by atoms with Gasteiger partial charge in [0.1, 0.15) is 5.01 Å². The average Bonchev–Trinajstić information content (AvgIpc) is 2.72. The van der Waals surface area contributed by atoms with Crippen LogP contribution in [0.15, 0.2) is 28.2 Å². The van der Waals surface area contributed by atoms with Crippen molar-refractivity contribution in [2.75, 3.05) is 0 Å². The Morgan fingerprint density at radius 2 is 1.88 bits per heavy atom. The normalized spacial score (nSPS) is 9.44. The van der Waals surface area contributed by atoms with Gasteiger partial charge in [-0.15, -0.1) is 11.3 Å². The molecule has 0 spiro atoms. The Kier molecular flexibility index (Phi) is 4.76. The van der Waals surface area contributed by atoms with Crippen LogP contribution in [-0.2, 0) is 0 Å². The van der Waals surface area contributed by atoms with Crippen LogP contribution < -0.4 is 0 Å². The summed E-state index contributed by atoms with van der Waals surface area (Å²) in [5.41, 5.74) is 0.788. The third-order valence-electron chi connectivity index (χ3n) is 1.70. The van der Waals surface area contributed by atoms with E-state index in [-0.39, 0.29) is 11.5 Å². The molecular weight excluding hydrogens is 290 g/mol. The van der Waals surface area contributed by atoms with Crippen LogP contribution in [0.4, 0.5) is 0 Å². The van der Waals surface area contributed by atoms with Gasteiger partial charge in [-0.3, -0.25) is 0 Å². The number of phenolic OH excluding ortho intramolecular Hbond substituents is 2. The Balaban J connectivity index is 0.000000606. The number of hydrogen-bond donors (Lipinski definition) is 2. The molecule has 0 bridgehead atoms. The van der Waals surface area contributed by atoms with Gasteiger partial charge in [-0.2, -0.15) is 0 Å². The zero-order valence-corrected chi connectivity index (χ0v) is 11.3. The van der Waals surface area contributed by atoms with Crippen molar-refractivity contribution in [3.05, 3.63) is 28.2 Å². The van der Waals surface area contributed by atoms with Crippen LogP contribution >= 0.6 is 27.3 Å². The van der Waals surface area contributed by atoms with E-state index in [1.165, 1.54) is 23.5 Å². The first kappa shape index (κ1) is 13.0. The van der Waals surface area contributed by atoms with Crippen molar-refractivity contribution in [3.8, 4) is 22.1 Å². The third kappa shape index (κ3) is 2.96. The van der Waals surface area contributed by atoms with Crippen LogP contribution in [0.3, 0.4) is 0 Å². The molecule has 2 rings (SSSR count). The maximum atomic E-state index is 9.28. The monoisotopic (exact) mass is 301 g/mol. The maximum absolute atomic E-state index is 9.28. The van der Waals surface area contributed by atoms with Gasteiger partial charge in [-0.25, -0.2) is 4.98 Å². The molecule has 1 aromatic carbocycles. The summed E-state index contributed by atoms with van der Waals surface area (Å²) in [6.07, 6.45) is 1.70. The average molecular weight is 302 g/mol. The molecule has 16 heavy (non-hydrogen) atoms. The fraction of sp³-hybridized carbons (Fsp3) is 0.182. The molecule has 2 aromatic rings. The third-order valence-corrected chi connectivity index (χ3v) is 3.23. The number of rotatable bonds is 1. The molecule has 0 amide bonds. The van der Waals surface area contributed by atoms with Crippen LogP contribution in [0, 0.1) is 0 Å². The largest absolute Gasteiger partial charge is 0.504 e. The van der Waals surface area contributed by atoms with Gasteiger partial charge in [0.15, 0.2) is 11.5 Å². The molecule has 0 atom stereocenters. The molecule has 0 aliphatic carbocycles. The number of hydrogen-bond acceptors (Lipinski definition) is 4. The molecule has 1 aromatic heterocycles. The predicted octanol–water partition coefficient (Wildman–Crippen LogP) is 4.01. The molecule has 0 aliphatic heterocycles. The van der Waals surface area contributed by atoms with Crippen LogP contribution in [0.1, 0.15) is 13.8 Å². The molecule has 0 unspecified atom stereocenters. The van der Waals surface area contributed by atoms with Crippen molar-refractivity contribution in [1.82, 2.24) is 4.98 Å². The van der Waals surface area contributed by atoms with E-state index in [0.717, 1.165) is 14.4 Å². The van der Waals surface area contributed by atoms with Crippen molar-refractivity contribution >= 4 is 27.3 Å². The molecule has 0 saturated carbocycles. The van der Waals surface area contributed by atoms with E-state index in [0.29, 0.717) is 0 Å². The number of aromatic nitrogens is 1. The summed E-state index contributed by atoms with van der Waals surface area (Å²) in [5.74, 6) is -0.252. The molecule has 86 valence electrons. The Labute approximate surface area is 107 Å². The van der Waals surface area contributed by atoms with E-state index in [1.54, 1.807) is 12.3 Å². The summed E-state index contributed by atoms with van der Waals surface area (Å²) in [5, 5.41) is 19.2. The van der Waals surface area contributed by atoms with Crippen LogP contribution in [0.2, 0.25) is 0 Å². The lowest BCUT2D eigenvalue weighted by Crippen LogP contribution is -1.75. The SMILES string of the molecule is CC.Oc1ccc(-c2ncc(Br)s2)cc1O. The van der Waals surface area contributed by atoms with Crippen LogP contribution in [-0.4, -0.2) is 15.2 Å². The van der Waals surface area contributed by atoms with Gasteiger partial charge in [0.2, 0.25) is 0 Å². The van der Waals surface area contributed by atoms with Gasteiger partial charge in [-0.05, 0) is 34.1 Å².